The summed E-state index contributed by atoms with van der Waals surface area (Å²) in [5, 5.41) is 28.0. The molecule has 30 heteroatoms. The summed E-state index contributed by atoms with van der Waals surface area (Å²) in [7, 11) is 4.86. The number of nitriles is 1. The van der Waals surface area contributed by atoms with Crippen LogP contribution in [0.15, 0.2) is 121 Å². The molecule has 0 bridgehead atoms. The molecular formula is C99H145BrCl2N4O23. The number of hydrogen-bond acceptors (Lipinski definition) is 23. The van der Waals surface area contributed by atoms with Gasteiger partial charge >= 0.3 is 48.1 Å². The highest BCUT2D eigenvalue weighted by atomic mass is 79.9. The predicted molar refractivity (Wildman–Crippen MR) is 504 cm³/mol. The van der Waals surface area contributed by atoms with Gasteiger partial charge in [0.2, 0.25) is 0 Å². The third kappa shape index (κ3) is 33.1. The fourth-order valence-corrected chi connectivity index (χ4v) is 16.6. The van der Waals surface area contributed by atoms with E-state index in [2.05, 4.69) is 27.6 Å². The van der Waals surface area contributed by atoms with Crippen LogP contribution in [0.2, 0.25) is 0 Å². The number of likely N-dealkylation sites (tertiary alicyclic amines) is 3. The fraction of sp³-hybridized carbons (Fsp3) is 0.606. The molecule has 5 aromatic carbocycles. The third-order valence-electron chi connectivity index (χ3n) is 22.7. The molecule has 0 radical (unpaired) electrons. The summed E-state index contributed by atoms with van der Waals surface area (Å²) in [5.74, 6) is 1.26. The number of amides is 3. The largest absolute Gasteiger partial charge is 0.508 e. The van der Waals surface area contributed by atoms with Crippen molar-refractivity contribution < 1.29 is 110 Å². The van der Waals surface area contributed by atoms with Gasteiger partial charge in [-0.25, -0.2) is 14.4 Å². The van der Waals surface area contributed by atoms with Crippen molar-refractivity contribution in [3.8, 4) is 34.8 Å². The first-order chi connectivity index (χ1) is 60.1. The van der Waals surface area contributed by atoms with Gasteiger partial charge in [0.15, 0.2) is 0 Å². The number of aliphatic carboxylic acids is 1. The predicted octanol–water partition coefficient (Wildman–Crippen LogP) is 20.1. The van der Waals surface area contributed by atoms with Gasteiger partial charge in [-0.05, 0) is 183 Å². The fourth-order valence-electron chi connectivity index (χ4n) is 16.3. The highest BCUT2D eigenvalue weighted by Crippen LogP contribution is 2.51. The van der Waals surface area contributed by atoms with Gasteiger partial charge in [-0.15, -0.1) is 24.8 Å². The summed E-state index contributed by atoms with van der Waals surface area (Å²) < 4.78 is 69.5. The van der Waals surface area contributed by atoms with Crippen LogP contribution in [-0.4, -0.2) is 215 Å². The van der Waals surface area contributed by atoms with Crippen LogP contribution in [0, 0.1) is 11.3 Å². The average Bonchev–Trinajstić information content (AvgIpc) is 1.65. The van der Waals surface area contributed by atoms with Crippen LogP contribution in [0.4, 0.5) is 14.4 Å². The van der Waals surface area contributed by atoms with E-state index < -0.39 is 50.5 Å². The molecule has 0 unspecified atom stereocenters. The number of fused-ring (bicyclic) bond motifs is 4. The lowest BCUT2D eigenvalue weighted by molar-refractivity contribution is -0.154. The van der Waals surface area contributed by atoms with Crippen molar-refractivity contribution in [2.45, 2.75) is 263 Å². The average molecular weight is 1910 g/mol. The molecule has 0 atom stereocenters. The Kier molecular flexibility index (Phi) is 49.6. The second kappa shape index (κ2) is 56.0. The maximum atomic E-state index is 13.3. The van der Waals surface area contributed by atoms with E-state index >= 15 is 0 Å². The standard InChI is InChI=1S/C23H35NO6.C19H28O4.C17H23NO5.C17H21NO4.C13H14O2.C4H8O.C3H7BrO.C2H3N.CH4.2ClH/c1-6-15-28-19-10-8-7-9-18(19)23(20(25)29-17-16-27-5)11-13-24(14-12-23)21(26)30-22(2,3)4;1-3-13-22-17-10-6-5-9-16(17)19(11-7-4-8-12-19)18(20)23-15-14-21-2;1-16(2,3)23-15(22)18-10-8-17(9-11-18,14(20)21)12-6-4-5-7-13(12)19;1-16(2,3)22-15(20)18-10-8-17(9-11-18)12-6-4-5-7-13(12)21-14(17)19;14-12-13(8-4-1-5-9-13)10-6-2-3-7-11(10)15-12;1-2-4-5-3-1;1-5-3-2-4;1-2-3;;;/h7-10H,6,11-17H2,1-5H3;5-6,9-10H,3-4,7-8,11-15H2,1-2H3;4-7,19H,8-11H2,1-3H3,(H,20,21);4-7H,8-11H2,1-3H3;2-3,6-7H,1,4-5,8-9H2;1-4H2;2-3H2,1H3;1H3;1H4;2*1H. The third-order valence-corrected chi connectivity index (χ3v) is 23.0. The van der Waals surface area contributed by atoms with E-state index in [1.165, 1.54) is 43.6 Å². The molecule has 129 heavy (non-hydrogen) atoms. The van der Waals surface area contributed by atoms with Gasteiger partial charge in [-0.3, -0.25) is 24.0 Å². The molecule has 27 nitrogen and oxygen atoms in total. The first kappa shape index (κ1) is 114. The van der Waals surface area contributed by atoms with Gasteiger partial charge < -0.3 is 86.5 Å². The number of benzene rings is 5. The molecule has 13 rings (SSSR count). The minimum atomic E-state index is -1.18. The van der Waals surface area contributed by atoms with Gasteiger partial charge in [0.25, 0.3) is 0 Å². The Hall–Kier alpha value is -8.95. The monoisotopic (exact) mass is 1910 g/mol. The number of nitrogens with zero attached hydrogens (tertiary/aromatic N) is 4. The Labute approximate surface area is 786 Å². The first-order valence-electron chi connectivity index (χ1n) is 44.4. The number of carboxylic acid groups (broad SMARTS) is 1. The molecule has 0 aromatic heterocycles. The summed E-state index contributed by atoms with van der Waals surface area (Å²) in [6.45, 7) is 29.6. The number of alkyl halides is 1. The quantitative estimate of drug-likeness (QED) is 0.0240. The van der Waals surface area contributed by atoms with Crippen LogP contribution in [0.3, 0.4) is 0 Å². The lowest BCUT2D eigenvalue weighted by atomic mass is 9.69. The van der Waals surface area contributed by atoms with Crippen molar-refractivity contribution in [3.63, 3.8) is 0 Å². The summed E-state index contributed by atoms with van der Waals surface area (Å²) >= 11 is 3.18. The molecule has 2 N–H and O–H groups in total. The first-order valence-corrected chi connectivity index (χ1v) is 45.5. The smallest absolute Gasteiger partial charge is 0.410 e. The highest BCUT2D eigenvalue weighted by molar-refractivity contribution is 9.09. The lowest BCUT2D eigenvalue weighted by Gasteiger charge is -2.41. The Morgan fingerprint density at radius 3 is 1.08 bits per heavy atom. The second-order valence-electron chi connectivity index (χ2n) is 35.2. The minimum Gasteiger partial charge on any atom is -0.508 e. The molecule has 5 aromatic rings. The van der Waals surface area contributed by atoms with Crippen LogP contribution in [0.1, 0.15) is 247 Å². The Morgan fingerprint density at radius 2 is 0.752 bits per heavy atom. The molecule has 6 aliphatic heterocycles. The number of phenolic OH excluding ortho intramolecular Hbond substituents is 1. The molecule has 2 saturated carbocycles. The maximum Gasteiger partial charge on any atom is 0.410 e. The minimum absolute atomic E-state index is 0. The SMILES string of the molecule is C.C1CCOC1.CC#N.CC(C)(C)OC(=O)N1CCC(C(=O)O)(c2ccccc2O)CC1.CC(C)(C)OC(=O)N1CCC2(CC1)C(=O)Oc1ccccc12.CCCOc1ccccc1C1(C(=O)OCCOC)CCCCC1.CCCOc1ccccc1C1(C(=O)OCCOC)CCN(C(=O)OC(C)(C)C)CC1.COCCBr.Cl.Cl.O=C1Oc2ccccc2C12CCCCC2. The van der Waals surface area contributed by atoms with E-state index in [1.807, 2.05) is 146 Å². The summed E-state index contributed by atoms with van der Waals surface area (Å²) in [6.07, 6.45) is 16.1. The number of esters is 4. The molecule has 720 valence electrons. The van der Waals surface area contributed by atoms with Crippen LogP contribution in [-0.2, 0) is 93.7 Å². The van der Waals surface area contributed by atoms with Crippen molar-refractivity contribution in [1.82, 2.24) is 14.7 Å². The molecule has 2 aliphatic carbocycles. The number of phenols is 1. The number of halogens is 3. The maximum absolute atomic E-state index is 13.3. The van der Waals surface area contributed by atoms with Gasteiger partial charge in [0.05, 0.1) is 60.8 Å². The van der Waals surface area contributed by atoms with Crippen LogP contribution in [0.25, 0.3) is 0 Å². The van der Waals surface area contributed by atoms with Gasteiger partial charge in [0, 0.05) is 114 Å². The van der Waals surface area contributed by atoms with E-state index in [0.717, 1.165) is 123 Å². The summed E-state index contributed by atoms with van der Waals surface area (Å²) in [4.78, 5) is 104. The number of piperidine rings is 3. The van der Waals surface area contributed by atoms with Gasteiger partial charge in [-0.2, -0.15) is 5.26 Å². The van der Waals surface area contributed by atoms with Crippen molar-refractivity contribution in [3.05, 3.63) is 149 Å². The van der Waals surface area contributed by atoms with E-state index in [-0.39, 0.29) is 112 Å². The molecule has 3 amide bonds. The topological polar surface area (TPSA) is 331 Å². The highest BCUT2D eigenvalue weighted by Gasteiger charge is 2.54. The summed E-state index contributed by atoms with van der Waals surface area (Å²) in [5.41, 5.74) is -0.928. The van der Waals surface area contributed by atoms with E-state index in [4.69, 9.17) is 62.1 Å². The second-order valence-corrected chi connectivity index (χ2v) is 36.0. The number of carboxylic acids is 1. The number of aromatic hydroxyl groups is 1. The molecule has 4 saturated heterocycles. The summed E-state index contributed by atoms with van der Waals surface area (Å²) in [6, 6.07) is 39.2. The lowest BCUT2D eigenvalue weighted by Crippen LogP contribution is -2.50. The number of rotatable bonds is 20. The molecule has 6 fully saturated rings. The zero-order valence-electron chi connectivity index (χ0n) is 78.0. The van der Waals surface area contributed by atoms with E-state index in [1.54, 1.807) is 76.2 Å². The molecule has 2 spiro atoms. The van der Waals surface area contributed by atoms with Crippen molar-refractivity contribution in [1.29, 1.82) is 5.26 Å². The Balaban J connectivity index is 0.000000402. The number of methoxy groups -OCH3 is 3. The zero-order valence-corrected chi connectivity index (χ0v) is 81.2. The number of carbonyl (C=O) groups excluding carboxylic acids is 7. The Morgan fingerprint density at radius 1 is 0.434 bits per heavy atom. The van der Waals surface area contributed by atoms with Crippen molar-refractivity contribution in [2.75, 3.05) is 125 Å². The van der Waals surface area contributed by atoms with Crippen LogP contribution >= 0.6 is 40.7 Å². The van der Waals surface area contributed by atoms with Crippen molar-refractivity contribution >= 4 is 88.9 Å². The van der Waals surface area contributed by atoms with Gasteiger partial charge in [0.1, 0.15) is 64.2 Å². The number of ether oxygens (including phenoxy) is 13. The number of para-hydroxylation sites is 5. The van der Waals surface area contributed by atoms with Crippen LogP contribution < -0.4 is 18.9 Å². The Bertz CT molecular complexity index is 4260. The van der Waals surface area contributed by atoms with E-state index in [0.29, 0.717) is 102 Å². The zero-order chi connectivity index (χ0) is 92.6. The molecular weight excluding hydrogens is 1760 g/mol. The number of carbonyl (C=O) groups is 8. The molecule has 6 heterocycles. The van der Waals surface area contributed by atoms with Gasteiger partial charge in [-0.1, -0.05) is 167 Å². The van der Waals surface area contributed by atoms with Crippen LogP contribution in [0.5, 0.6) is 28.7 Å². The van der Waals surface area contributed by atoms with E-state index in [9.17, 15) is 48.6 Å². The number of hydrogen-bond donors (Lipinski definition) is 2. The molecule has 8 aliphatic rings. The normalized spacial score (nSPS) is 17.2. The van der Waals surface area contributed by atoms with Crippen molar-refractivity contribution in [2.24, 2.45) is 0 Å².